The van der Waals surface area contributed by atoms with E-state index in [1.54, 1.807) is 0 Å². The molecule has 0 radical (unpaired) electrons. The van der Waals surface area contributed by atoms with Crippen molar-refractivity contribution in [2.24, 2.45) is 0 Å². The number of hydrogen-bond donors (Lipinski definition) is 1. The van der Waals surface area contributed by atoms with Crippen molar-refractivity contribution < 1.29 is 4.42 Å². The Morgan fingerprint density at radius 2 is 2.35 bits per heavy atom. The predicted molar refractivity (Wildman–Crippen MR) is 67.0 cm³/mol. The van der Waals surface area contributed by atoms with Crippen LogP contribution in [-0.2, 0) is 0 Å². The molecule has 1 saturated heterocycles. The van der Waals surface area contributed by atoms with E-state index >= 15 is 0 Å². The fraction of sp³-hybridized carbons (Fsp3) is 0.833. The highest BCUT2D eigenvalue weighted by atomic mass is 16.4. The Bertz CT molecular complexity index is 352. The Morgan fingerprint density at radius 3 is 3.00 bits per heavy atom. The summed E-state index contributed by atoms with van der Waals surface area (Å²) < 4.78 is 5.74. The number of aromatic nitrogens is 2. The molecule has 96 valence electrons. The van der Waals surface area contributed by atoms with E-state index in [-0.39, 0.29) is 6.04 Å². The SMILES string of the molecule is CCCNC(C)c1nnc(N2CCCC2C)o1. The zero-order valence-electron chi connectivity index (χ0n) is 10.9. The second kappa shape index (κ2) is 5.49. The fourth-order valence-electron chi connectivity index (χ4n) is 2.18. The van der Waals surface area contributed by atoms with Crippen molar-refractivity contribution in [3.8, 4) is 0 Å². The van der Waals surface area contributed by atoms with Crippen molar-refractivity contribution in [3.63, 3.8) is 0 Å². The van der Waals surface area contributed by atoms with Crippen molar-refractivity contribution in [3.05, 3.63) is 5.89 Å². The molecule has 0 bridgehead atoms. The Labute approximate surface area is 103 Å². The summed E-state index contributed by atoms with van der Waals surface area (Å²) in [7, 11) is 0. The topological polar surface area (TPSA) is 54.2 Å². The summed E-state index contributed by atoms with van der Waals surface area (Å²) in [5.41, 5.74) is 0. The largest absolute Gasteiger partial charge is 0.406 e. The molecular formula is C12H22N4O. The van der Waals surface area contributed by atoms with Gasteiger partial charge in [0, 0.05) is 12.6 Å². The van der Waals surface area contributed by atoms with Crippen LogP contribution in [0.2, 0.25) is 0 Å². The van der Waals surface area contributed by atoms with Crippen molar-refractivity contribution in [2.45, 2.75) is 52.1 Å². The molecule has 0 saturated carbocycles. The summed E-state index contributed by atoms with van der Waals surface area (Å²) in [4.78, 5) is 2.20. The van der Waals surface area contributed by atoms with Crippen molar-refractivity contribution in [1.82, 2.24) is 15.5 Å². The van der Waals surface area contributed by atoms with Gasteiger partial charge >= 0.3 is 6.01 Å². The number of anilines is 1. The van der Waals surface area contributed by atoms with Crippen LogP contribution < -0.4 is 10.2 Å². The van der Waals surface area contributed by atoms with Crippen LogP contribution in [-0.4, -0.2) is 29.3 Å². The van der Waals surface area contributed by atoms with Crippen molar-refractivity contribution in [1.29, 1.82) is 0 Å². The first kappa shape index (κ1) is 12.4. The third-order valence-corrected chi connectivity index (χ3v) is 3.30. The second-order valence-corrected chi connectivity index (χ2v) is 4.78. The molecule has 5 nitrogen and oxygen atoms in total. The van der Waals surface area contributed by atoms with Gasteiger partial charge in [-0.05, 0) is 39.7 Å². The smallest absolute Gasteiger partial charge is 0.318 e. The van der Waals surface area contributed by atoms with Gasteiger partial charge in [0.1, 0.15) is 0 Å². The normalized spacial score (nSPS) is 22.1. The highest BCUT2D eigenvalue weighted by Gasteiger charge is 2.25. The van der Waals surface area contributed by atoms with Gasteiger partial charge < -0.3 is 14.6 Å². The molecule has 0 amide bonds. The molecule has 1 aliphatic rings. The lowest BCUT2D eigenvalue weighted by molar-refractivity contribution is 0.413. The van der Waals surface area contributed by atoms with Crippen LogP contribution in [0, 0.1) is 0 Å². The van der Waals surface area contributed by atoms with Gasteiger partial charge in [0.15, 0.2) is 0 Å². The first-order chi connectivity index (χ1) is 8.22. The Balaban J connectivity index is 2.00. The van der Waals surface area contributed by atoms with Crippen LogP contribution in [0.3, 0.4) is 0 Å². The van der Waals surface area contributed by atoms with E-state index in [4.69, 9.17) is 4.42 Å². The molecule has 17 heavy (non-hydrogen) atoms. The number of rotatable bonds is 5. The zero-order valence-corrected chi connectivity index (χ0v) is 10.9. The Kier molecular flexibility index (Phi) is 3.99. The molecule has 1 aromatic rings. The predicted octanol–water partition coefficient (Wildman–Crippen LogP) is 2.12. The zero-order chi connectivity index (χ0) is 12.3. The van der Waals surface area contributed by atoms with Gasteiger partial charge in [-0.1, -0.05) is 12.0 Å². The molecule has 1 N–H and O–H groups in total. The second-order valence-electron chi connectivity index (χ2n) is 4.78. The van der Waals surface area contributed by atoms with Gasteiger partial charge in [-0.25, -0.2) is 0 Å². The van der Waals surface area contributed by atoms with E-state index in [0.29, 0.717) is 17.9 Å². The first-order valence-electron chi connectivity index (χ1n) is 6.55. The quantitative estimate of drug-likeness (QED) is 0.851. The maximum Gasteiger partial charge on any atom is 0.318 e. The van der Waals surface area contributed by atoms with Crippen molar-refractivity contribution in [2.75, 3.05) is 18.0 Å². The summed E-state index contributed by atoms with van der Waals surface area (Å²) in [6.45, 7) is 8.40. The van der Waals surface area contributed by atoms with Crippen LogP contribution in [0.1, 0.15) is 52.0 Å². The number of hydrogen-bond acceptors (Lipinski definition) is 5. The molecule has 1 aliphatic heterocycles. The highest BCUT2D eigenvalue weighted by molar-refractivity contribution is 5.28. The van der Waals surface area contributed by atoms with Crippen LogP contribution in [0.15, 0.2) is 4.42 Å². The molecule has 0 aliphatic carbocycles. The Hall–Kier alpha value is -1.10. The van der Waals surface area contributed by atoms with Gasteiger partial charge in [-0.3, -0.25) is 0 Å². The van der Waals surface area contributed by atoms with Crippen LogP contribution in [0.4, 0.5) is 6.01 Å². The standard InChI is InChI=1S/C12H22N4O/c1-4-7-13-10(3)11-14-15-12(17-11)16-8-5-6-9(16)2/h9-10,13H,4-8H2,1-3H3. The number of nitrogens with one attached hydrogen (secondary N) is 1. The molecule has 1 aromatic heterocycles. The van der Waals surface area contributed by atoms with E-state index in [2.05, 4.69) is 41.2 Å². The summed E-state index contributed by atoms with van der Waals surface area (Å²) in [6.07, 6.45) is 3.53. The summed E-state index contributed by atoms with van der Waals surface area (Å²) in [5, 5.41) is 11.6. The van der Waals surface area contributed by atoms with Crippen LogP contribution in [0.25, 0.3) is 0 Å². The van der Waals surface area contributed by atoms with Crippen LogP contribution >= 0.6 is 0 Å². The molecule has 2 atom stereocenters. The monoisotopic (exact) mass is 238 g/mol. The number of nitrogens with zero attached hydrogens (tertiary/aromatic N) is 3. The molecule has 0 spiro atoms. The van der Waals surface area contributed by atoms with Gasteiger partial charge in [-0.15, -0.1) is 5.10 Å². The lowest BCUT2D eigenvalue weighted by Crippen LogP contribution is -2.26. The molecule has 2 unspecified atom stereocenters. The third kappa shape index (κ3) is 2.77. The summed E-state index contributed by atoms with van der Waals surface area (Å²) in [6, 6.07) is 1.33. The van der Waals surface area contributed by atoms with E-state index in [9.17, 15) is 0 Å². The molecule has 2 rings (SSSR count). The molecule has 5 heteroatoms. The first-order valence-corrected chi connectivity index (χ1v) is 6.55. The summed E-state index contributed by atoms with van der Waals surface area (Å²) in [5.74, 6) is 0.688. The lowest BCUT2D eigenvalue weighted by Gasteiger charge is -2.17. The third-order valence-electron chi connectivity index (χ3n) is 3.30. The minimum Gasteiger partial charge on any atom is -0.406 e. The average molecular weight is 238 g/mol. The van der Waals surface area contributed by atoms with E-state index in [0.717, 1.165) is 19.5 Å². The van der Waals surface area contributed by atoms with Crippen molar-refractivity contribution >= 4 is 6.01 Å². The molecule has 0 aromatic carbocycles. The van der Waals surface area contributed by atoms with Gasteiger partial charge in [0.25, 0.3) is 0 Å². The van der Waals surface area contributed by atoms with Crippen LogP contribution in [0.5, 0.6) is 0 Å². The minimum atomic E-state index is 0.133. The minimum absolute atomic E-state index is 0.133. The summed E-state index contributed by atoms with van der Waals surface area (Å²) >= 11 is 0. The fourth-order valence-corrected chi connectivity index (χ4v) is 2.18. The lowest BCUT2D eigenvalue weighted by atomic mass is 10.2. The molecular weight excluding hydrogens is 216 g/mol. The average Bonchev–Trinajstić information content (AvgIpc) is 2.93. The van der Waals surface area contributed by atoms with E-state index in [1.807, 2.05) is 0 Å². The van der Waals surface area contributed by atoms with E-state index < -0.39 is 0 Å². The highest BCUT2D eigenvalue weighted by Crippen LogP contribution is 2.25. The van der Waals surface area contributed by atoms with Gasteiger partial charge in [0.2, 0.25) is 5.89 Å². The van der Waals surface area contributed by atoms with Gasteiger partial charge in [0.05, 0.1) is 6.04 Å². The Morgan fingerprint density at radius 1 is 1.53 bits per heavy atom. The van der Waals surface area contributed by atoms with E-state index in [1.165, 1.54) is 12.8 Å². The maximum atomic E-state index is 5.74. The maximum absolute atomic E-state index is 5.74. The molecule has 1 fully saturated rings. The van der Waals surface area contributed by atoms with Gasteiger partial charge in [-0.2, -0.15) is 0 Å². The molecule has 2 heterocycles.